The molecule has 0 spiro atoms. The van der Waals surface area contributed by atoms with Crippen LogP contribution < -0.4 is 10.6 Å². The Kier molecular flexibility index (Phi) is 7.47. The van der Waals surface area contributed by atoms with Gasteiger partial charge in [-0.25, -0.2) is 9.78 Å². The number of anilines is 2. The second kappa shape index (κ2) is 9.61. The van der Waals surface area contributed by atoms with Gasteiger partial charge in [-0.1, -0.05) is 6.07 Å². The van der Waals surface area contributed by atoms with E-state index in [1.807, 2.05) is 32.9 Å². The summed E-state index contributed by atoms with van der Waals surface area (Å²) < 4.78 is 4.91. The lowest BCUT2D eigenvalue weighted by molar-refractivity contribution is 0.0601. The minimum absolute atomic E-state index is 0.120. The number of aryl methyl sites for hydroxylation is 1. The van der Waals surface area contributed by atoms with Gasteiger partial charge in [0.25, 0.3) is 5.91 Å². The number of thiocarbonyl (C=S) groups is 1. The molecule has 2 aromatic heterocycles. The van der Waals surface area contributed by atoms with Crippen LogP contribution in [-0.4, -0.2) is 47.1 Å². The summed E-state index contributed by atoms with van der Waals surface area (Å²) >= 11 is 6.56. The Balaban J connectivity index is 2.35. The van der Waals surface area contributed by atoms with Crippen LogP contribution in [0.2, 0.25) is 0 Å². The first-order valence-electron chi connectivity index (χ1n) is 8.84. The topological polar surface area (TPSA) is 83.6 Å². The van der Waals surface area contributed by atoms with Crippen molar-refractivity contribution in [3.63, 3.8) is 0 Å². The van der Waals surface area contributed by atoms with E-state index in [2.05, 4.69) is 15.6 Å². The first-order valence-corrected chi connectivity index (χ1v) is 10.1. The number of amides is 1. The molecular formula is C19H24N4O3S2. The number of hydrogen-bond donors (Lipinski definition) is 2. The zero-order valence-electron chi connectivity index (χ0n) is 16.6. The second-order valence-electron chi connectivity index (χ2n) is 5.98. The monoisotopic (exact) mass is 420 g/mol. The Hall–Kier alpha value is -2.52. The van der Waals surface area contributed by atoms with Crippen LogP contribution in [0.5, 0.6) is 0 Å². The van der Waals surface area contributed by atoms with Crippen molar-refractivity contribution < 1.29 is 14.3 Å². The number of ether oxygens (including phenoxy) is 1. The number of methoxy groups -OCH3 is 1. The van der Waals surface area contributed by atoms with E-state index in [-0.39, 0.29) is 11.0 Å². The fourth-order valence-corrected chi connectivity index (χ4v) is 4.10. The summed E-state index contributed by atoms with van der Waals surface area (Å²) in [5, 5.41) is 6.77. The van der Waals surface area contributed by atoms with Crippen LogP contribution in [0.4, 0.5) is 10.8 Å². The lowest BCUT2D eigenvalue weighted by Gasteiger charge is -2.17. The maximum Gasteiger partial charge on any atom is 0.341 e. The van der Waals surface area contributed by atoms with Crippen molar-refractivity contribution >= 4 is 51.4 Å². The van der Waals surface area contributed by atoms with Gasteiger partial charge in [0.2, 0.25) is 0 Å². The molecule has 0 atom stereocenters. The third-order valence-corrected chi connectivity index (χ3v) is 5.65. The zero-order chi connectivity index (χ0) is 20.8. The van der Waals surface area contributed by atoms with Crippen molar-refractivity contribution in [1.29, 1.82) is 0 Å². The van der Waals surface area contributed by atoms with Crippen molar-refractivity contribution in [3.8, 4) is 0 Å². The van der Waals surface area contributed by atoms with Gasteiger partial charge in [0, 0.05) is 19.3 Å². The van der Waals surface area contributed by atoms with Gasteiger partial charge < -0.3 is 20.3 Å². The molecule has 2 rings (SSSR count). The van der Waals surface area contributed by atoms with Crippen molar-refractivity contribution in [2.45, 2.75) is 27.7 Å². The molecule has 0 bridgehead atoms. The molecule has 1 amide bonds. The molecule has 0 aliphatic rings. The van der Waals surface area contributed by atoms with Crippen LogP contribution in [0.25, 0.3) is 0 Å². The maximum atomic E-state index is 12.8. The predicted molar refractivity (Wildman–Crippen MR) is 116 cm³/mol. The molecule has 2 heterocycles. The van der Waals surface area contributed by atoms with Crippen molar-refractivity contribution in [2.24, 2.45) is 0 Å². The Morgan fingerprint density at radius 2 is 1.93 bits per heavy atom. The first kappa shape index (κ1) is 21.8. The fourth-order valence-electron chi connectivity index (χ4n) is 2.67. The number of carbonyl (C=O) groups is 2. The number of pyridine rings is 1. The lowest BCUT2D eigenvalue weighted by atomic mass is 10.1. The molecule has 0 saturated carbocycles. The van der Waals surface area contributed by atoms with Gasteiger partial charge in [-0.15, -0.1) is 11.3 Å². The van der Waals surface area contributed by atoms with Gasteiger partial charge in [-0.3, -0.25) is 4.79 Å². The first-order chi connectivity index (χ1) is 13.3. The molecule has 2 aromatic rings. The third-order valence-electron chi connectivity index (χ3n) is 4.25. The Morgan fingerprint density at radius 1 is 1.25 bits per heavy atom. The summed E-state index contributed by atoms with van der Waals surface area (Å²) in [6.45, 7) is 8.65. The van der Waals surface area contributed by atoms with E-state index >= 15 is 0 Å². The Labute approximate surface area is 174 Å². The Bertz CT molecular complexity index is 891. The number of esters is 1. The van der Waals surface area contributed by atoms with Crippen LogP contribution in [0, 0.1) is 13.8 Å². The summed E-state index contributed by atoms with van der Waals surface area (Å²) in [5.41, 5.74) is 1.82. The molecule has 0 fully saturated rings. The summed E-state index contributed by atoms with van der Waals surface area (Å²) in [6.07, 6.45) is 1.66. The number of thiophene rings is 1. The fraction of sp³-hybridized carbons (Fsp3) is 0.368. The number of aromatic nitrogens is 1. The van der Waals surface area contributed by atoms with Crippen LogP contribution in [0.3, 0.4) is 0 Å². The highest BCUT2D eigenvalue weighted by Gasteiger charge is 2.27. The molecule has 0 radical (unpaired) electrons. The molecule has 9 heteroatoms. The number of hydrogen-bond acceptors (Lipinski definition) is 6. The van der Waals surface area contributed by atoms with Crippen LogP contribution >= 0.6 is 23.6 Å². The molecule has 2 N–H and O–H groups in total. The highest BCUT2D eigenvalue weighted by atomic mass is 32.1. The summed E-state index contributed by atoms with van der Waals surface area (Å²) in [4.78, 5) is 31.6. The van der Waals surface area contributed by atoms with Crippen LogP contribution in [0.15, 0.2) is 18.3 Å². The Morgan fingerprint density at radius 3 is 2.50 bits per heavy atom. The zero-order valence-corrected chi connectivity index (χ0v) is 18.2. The van der Waals surface area contributed by atoms with E-state index in [4.69, 9.17) is 17.0 Å². The van der Waals surface area contributed by atoms with Gasteiger partial charge in [0.05, 0.1) is 17.6 Å². The van der Waals surface area contributed by atoms with Crippen molar-refractivity contribution in [2.75, 3.05) is 30.8 Å². The third kappa shape index (κ3) is 4.66. The van der Waals surface area contributed by atoms with E-state index in [1.165, 1.54) is 18.4 Å². The van der Waals surface area contributed by atoms with Crippen LogP contribution in [-0.2, 0) is 4.74 Å². The van der Waals surface area contributed by atoms with Crippen molar-refractivity contribution in [3.05, 3.63) is 39.9 Å². The number of nitrogens with zero attached hydrogens (tertiary/aromatic N) is 2. The van der Waals surface area contributed by atoms with E-state index in [0.29, 0.717) is 39.9 Å². The number of nitrogens with one attached hydrogen (secondary N) is 2. The van der Waals surface area contributed by atoms with Gasteiger partial charge in [0.1, 0.15) is 10.8 Å². The molecule has 28 heavy (non-hydrogen) atoms. The minimum atomic E-state index is -0.522. The van der Waals surface area contributed by atoms with Crippen molar-refractivity contribution in [1.82, 2.24) is 9.88 Å². The molecule has 0 unspecified atom stereocenters. The van der Waals surface area contributed by atoms with E-state index in [1.54, 1.807) is 18.0 Å². The lowest BCUT2D eigenvalue weighted by Crippen LogP contribution is -2.30. The van der Waals surface area contributed by atoms with Gasteiger partial charge in [-0.05, 0) is 57.1 Å². The highest BCUT2D eigenvalue weighted by Crippen LogP contribution is 2.34. The molecule has 150 valence electrons. The van der Waals surface area contributed by atoms with Crippen LogP contribution in [0.1, 0.15) is 45.0 Å². The average Bonchev–Trinajstić information content (AvgIpc) is 2.99. The van der Waals surface area contributed by atoms with E-state index in [9.17, 15) is 9.59 Å². The molecule has 0 aromatic carbocycles. The molecule has 0 aliphatic carbocycles. The normalized spacial score (nSPS) is 10.3. The summed E-state index contributed by atoms with van der Waals surface area (Å²) in [6, 6.07) is 3.74. The standard InChI is InChI=1S/C19H24N4O3S2/c1-6-23(7-2)17(24)14-12(4)13(18(25)26-5)16(28-14)22-19(27)21-15-11(3)9-8-10-20-15/h8-10H,6-7H2,1-5H3,(H2,20,21,22,27). The predicted octanol–water partition coefficient (Wildman–Crippen LogP) is 3.84. The second-order valence-corrected chi connectivity index (χ2v) is 7.41. The molecule has 0 aliphatic heterocycles. The maximum absolute atomic E-state index is 12.8. The number of carbonyl (C=O) groups excluding carboxylic acids is 2. The van der Waals surface area contributed by atoms with Gasteiger partial charge in [0.15, 0.2) is 5.11 Å². The van der Waals surface area contributed by atoms with Gasteiger partial charge in [-0.2, -0.15) is 0 Å². The van der Waals surface area contributed by atoms with Gasteiger partial charge >= 0.3 is 5.97 Å². The summed E-state index contributed by atoms with van der Waals surface area (Å²) in [5.74, 6) is -0.0239. The largest absolute Gasteiger partial charge is 0.465 e. The number of rotatable bonds is 6. The highest BCUT2D eigenvalue weighted by molar-refractivity contribution is 7.80. The minimum Gasteiger partial charge on any atom is -0.465 e. The average molecular weight is 421 g/mol. The quantitative estimate of drug-likeness (QED) is 0.543. The SMILES string of the molecule is CCN(CC)C(=O)c1sc(NC(=S)Nc2ncccc2C)c(C(=O)OC)c1C. The molecule has 0 saturated heterocycles. The van der Waals surface area contributed by atoms with E-state index < -0.39 is 5.97 Å². The summed E-state index contributed by atoms with van der Waals surface area (Å²) in [7, 11) is 1.31. The smallest absolute Gasteiger partial charge is 0.341 e. The molecule has 7 nitrogen and oxygen atoms in total. The molecular weight excluding hydrogens is 396 g/mol. The van der Waals surface area contributed by atoms with E-state index in [0.717, 1.165) is 5.56 Å².